The number of nitrogens with zero attached hydrogens (tertiary/aromatic N) is 2. The van der Waals surface area contributed by atoms with Gasteiger partial charge in [-0.2, -0.15) is 13.2 Å². The van der Waals surface area contributed by atoms with Crippen molar-refractivity contribution in [3.05, 3.63) is 22.9 Å². The first-order valence-corrected chi connectivity index (χ1v) is 5.79. The maximum atomic E-state index is 12.9. The monoisotopic (exact) mass is 264 g/mol. The lowest BCUT2D eigenvalue weighted by atomic mass is 9.82. The molecule has 1 fully saturated rings. The van der Waals surface area contributed by atoms with Gasteiger partial charge in [0.25, 0.3) is 0 Å². The van der Waals surface area contributed by atoms with Crippen LogP contribution in [0.5, 0.6) is 0 Å². The van der Waals surface area contributed by atoms with Crippen LogP contribution in [-0.4, -0.2) is 26.5 Å². The van der Waals surface area contributed by atoms with Gasteiger partial charge in [-0.1, -0.05) is 0 Å². The zero-order valence-corrected chi connectivity index (χ0v) is 9.89. The number of rotatable bonds is 1. The van der Waals surface area contributed by atoms with Crippen molar-refractivity contribution >= 4 is 0 Å². The molecule has 0 saturated heterocycles. The van der Waals surface area contributed by atoms with E-state index in [0.29, 0.717) is 0 Å². The van der Waals surface area contributed by atoms with Crippen LogP contribution in [-0.2, 0) is 7.05 Å². The van der Waals surface area contributed by atoms with Crippen molar-refractivity contribution < 1.29 is 18.3 Å². The molecule has 3 unspecified atom stereocenters. The van der Waals surface area contributed by atoms with E-state index in [2.05, 4.69) is 0 Å². The lowest BCUT2D eigenvalue weighted by molar-refractivity contribution is -0.198. The number of hydrogen-bond acceptors (Lipinski definition) is 2. The van der Waals surface area contributed by atoms with Gasteiger partial charge in [-0.05, 0) is 19.3 Å². The molecule has 4 nitrogen and oxygen atoms in total. The maximum Gasteiger partial charge on any atom is 0.393 e. The van der Waals surface area contributed by atoms with Crippen LogP contribution in [0.3, 0.4) is 0 Å². The van der Waals surface area contributed by atoms with E-state index in [9.17, 15) is 23.1 Å². The Kier molecular flexibility index (Phi) is 3.27. The van der Waals surface area contributed by atoms with Crippen molar-refractivity contribution in [2.75, 3.05) is 0 Å². The van der Waals surface area contributed by atoms with Gasteiger partial charge in [-0.15, -0.1) is 0 Å². The van der Waals surface area contributed by atoms with Crippen molar-refractivity contribution in [3.63, 3.8) is 0 Å². The molecule has 1 N–H and O–H groups in total. The average molecular weight is 264 g/mol. The molecule has 7 heteroatoms. The minimum Gasteiger partial charge on any atom is -0.393 e. The first kappa shape index (κ1) is 13.2. The van der Waals surface area contributed by atoms with E-state index in [-0.39, 0.29) is 19.3 Å². The molecular weight excluding hydrogens is 249 g/mol. The molecule has 1 aliphatic rings. The summed E-state index contributed by atoms with van der Waals surface area (Å²) in [7, 11) is 1.49. The fourth-order valence-corrected chi connectivity index (χ4v) is 2.55. The second kappa shape index (κ2) is 4.46. The Labute approximate surface area is 102 Å². The van der Waals surface area contributed by atoms with Crippen LogP contribution in [0.4, 0.5) is 13.2 Å². The van der Waals surface area contributed by atoms with E-state index in [1.165, 1.54) is 24.0 Å². The molecule has 0 spiro atoms. The number of hydrogen-bond donors (Lipinski definition) is 1. The molecule has 102 valence electrons. The number of imidazole rings is 1. The Morgan fingerprint density at radius 2 is 2.00 bits per heavy atom. The third-order valence-electron chi connectivity index (χ3n) is 3.54. The Bertz CT molecular complexity index is 477. The molecule has 1 saturated carbocycles. The van der Waals surface area contributed by atoms with Crippen molar-refractivity contribution in [2.24, 2.45) is 13.0 Å². The van der Waals surface area contributed by atoms with E-state index in [1.54, 1.807) is 0 Å². The van der Waals surface area contributed by atoms with Crippen LogP contribution < -0.4 is 5.69 Å². The number of aromatic nitrogens is 2. The zero-order chi connectivity index (χ0) is 13.5. The fraction of sp³-hybridized carbons (Fsp3) is 0.727. The summed E-state index contributed by atoms with van der Waals surface area (Å²) in [5.41, 5.74) is -0.483. The number of alkyl halides is 3. The third kappa shape index (κ3) is 2.31. The number of halogens is 3. The normalized spacial score (nSPS) is 29.5. The molecule has 2 rings (SSSR count). The molecule has 0 bridgehead atoms. The first-order chi connectivity index (χ1) is 8.30. The first-order valence-electron chi connectivity index (χ1n) is 5.79. The predicted octanol–water partition coefficient (Wildman–Crippen LogP) is 1.45. The summed E-state index contributed by atoms with van der Waals surface area (Å²) in [5, 5.41) is 9.53. The number of aliphatic hydroxyl groups excluding tert-OH is 1. The molecule has 18 heavy (non-hydrogen) atoms. The molecule has 1 aromatic heterocycles. The van der Waals surface area contributed by atoms with Gasteiger partial charge >= 0.3 is 11.9 Å². The van der Waals surface area contributed by atoms with Crippen molar-refractivity contribution in [3.8, 4) is 0 Å². The summed E-state index contributed by atoms with van der Waals surface area (Å²) in [6.07, 6.45) is -2.39. The molecule has 1 heterocycles. The molecule has 1 aromatic rings. The van der Waals surface area contributed by atoms with E-state index < -0.39 is 29.9 Å². The quantitative estimate of drug-likeness (QED) is 0.834. The Morgan fingerprint density at radius 3 is 2.50 bits per heavy atom. The van der Waals surface area contributed by atoms with Crippen molar-refractivity contribution in [1.29, 1.82) is 0 Å². The van der Waals surface area contributed by atoms with Crippen LogP contribution in [0.2, 0.25) is 0 Å². The highest BCUT2D eigenvalue weighted by Gasteiger charge is 2.48. The van der Waals surface area contributed by atoms with Gasteiger partial charge in [0.2, 0.25) is 0 Å². The van der Waals surface area contributed by atoms with Gasteiger partial charge in [0, 0.05) is 19.4 Å². The maximum absolute atomic E-state index is 12.9. The third-order valence-corrected chi connectivity index (χ3v) is 3.54. The Balaban J connectivity index is 2.37. The fourth-order valence-electron chi connectivity index (χ4n) is 2.55. The molecule has 3 atom stereocenters. The van der Waals surface area contributed by atoms with Crippen LogP contribution in [0.25, 0.3) is 0 Å². The summed E-state index contributed by atoms with van der Waals surface area (Å²) in [6, 6.07) is -1.01. The summed E-state index contributed by atoms with van der Waals surface area (Å²) in [4.78, 5) is 11.7. The molecule has 0 radical (unpaired) electrons. The largest absolute Gasteiger partial charge is 0.393 e. The van der Waals surface area contributed by atoms with E-state index in [1.807, 2.05) is 0 Å². The molecule has 0 amide bonds. The highest BCUT2D eigenvalue weighted by atomic mass is 19.4. The lowest BCUT2D eigenvalue weighted by Gasteiger charge is -2.35. The standard InChI is InChI=1S/C11H15F3N2O2/c1-15-4-5-16(10(15)18)9-6-7(17)2-3-8(9)11(12,13)14/h4-5,7-9,17H,2-3,6H2,1H3. The zero-order valence-electron chi connectivity index (χ0n) is 9.89. The van der Waals surface area contributed by atoms with Gasteiger partial charge in [0.1, 0.15) is 0 Å². The molecular formula is C11H15F3N2O2. The van der Waals surface area contributed by atoms with E-state index >= 15 is 0 Å². The van der Waals surface area contributed by atoms with Gasteiger partial charge in [-0.25, -0.2) is 4.79 Å². The smallest absolute Gasteiger partial charge is 0.393 e. The Hall–Kier alpha value is -1.24. The van der Waals surface area contributed by atoms with Crippen molar-refractivity contribution in [2.45, 2.75) is 37.6 Å². The highest BCUT2D eigenvalue weighted by Crippen LogP contribution is 2.43. The van der Waals surface area contributed by atoms with Gasteiger partial charge in [0.15, 0.2) is 0 Å². The van der Waals surface area contributed by atoms with Gasteiger partial charge in [0.05, 0.1) is 18.1 Å². The summed E-state index contributed by atoms with van der Waals surface area (Å²) in [6.45, 7) is 0. The SMILES string of the molecule is Cn1ccn(C2CC(O)CCC2C(F)(F)F)c1=O. The van der Waals surface area contributed by atoms with Crippen LogP contribution >= 0.6 is 0 Å². The topological polar surface area (TPSA) is 47.2 Å². The van der Waals surface area contributed by atoms with Crippen LogP contribution in [0.1, 0.15) is 25.3 Å². The summed E-state index contributed by atoms with van der Waals surface area (Å²) >= 11 is 0. The van der Waals surface area contributed by atoms with Crippen LogP contribution in [0, 0.1) is 5.92 Å². The lowest BCUT2D eigenvalue weighted by Crippen LogP contribution is -2.41. The van der Waals surface area contributed by atoms with E-state index in [0.717, 1.165) is 4.57 Å². The van der Waals surface area contributed by atoms with Crippen molar-refractivity contribution in [1.82, 2.24) is 9.13 Å². The molecule has 1 aliphatic carbocycles. The predicted molar refractivity (Wildman–Crippen MR) is 58.1 cm³/mol. The number of aliphatic hydroxyl groups is 1. The second-order valence-corrected chi connectivity index (χ2v) is 4.78. The minimum atomic E-state index is -4.35. The second-order valence-electron chi connectivity index (χ2n) is 4.78. The highest BCUT2D eigenvalue weighted by molar-refractivity contribution is 4.93. The Morgan fingerprint density at radius 1 is 1.33 bits per heavy atom. The van der Waals surface area contributed by atoms with Gasteiger partial charge < -0.3 is 9.67 Å². The molecule has 0 aromatic carbocycles. The molecule has 0 aliphatic heterocycles. The number of aryl methyl sites for hydroxylation is 1. The van der Waals surface area contributed by atoms with E-state index in [4.69, 9.17) is 0 Å². The summed E-state index contributed by atoms with van der Waals surface area (Å²) < 4.78 is 41.1. The van der Waals surface area contributed by atoms with Gasteiger partial charge in [-0.3, -0.25) is 4.57 Å². The minimum absolute atomic E-state index is 0.0336. The summed E-state index contributed by atoms with van der Waals surface area (Å²) in [5.74, 6) is -1.57. The average Bonchev–Trinajstić information content (AvgIpc) is 2.58. The van der Waals surface area contributed by atoms with Crippen LogP contribution in [0.15, 0.2) is 17.2 Å².